The van der Waals surface area contributed by atoms with Gasteiger partial charge >= 0.3 is 0 Å². The van der Waals surface area contributed by atoms with Crippen molar-refractivity contribution in [2.24, 2.45) is 23.2 Å². The summed E-state index contributed by atoms with van der Waals surface area (Å²) in [5.41, 5.74) is 3.34. The highest BCUT2D eigenvalue weighted by molar-refractivity contribution is 6.12. The average Bonchev–Trinajstić information content (AvgIpc) is 3.19. The predicted molar refractivity (Wildman–Crippen MR) is 89.0 cm³/mol. The third-order valence-electron chi connectivity index (χ3n) is 8.36. The summed E-state index contributed by atoms with van der Waals surface area (Å²) >= 11 is 0. The SMILES string of the molecule is C[C@]12CCC3=C(C(=O)c4occ5c4[C@]3(C)[C@H]3C[C@H]3[C@@H]5O)[C@@H]1CCC2=O. The van der Waals surface area contributed by atoms with Gasteiger partial charge in [0.1, 0.15) is 5.78 Å². The van der Waals surface area contributed by atoms with Crippen molar-refractivity contribution in [2.75, 3.05) is 0 Å². The van der Waals surface area contributed by atoms with E-state index >= 15 is 0 Å². The Morgan fingerprint density at radius 3 is 2.84 bits per heavy atom. The Morgan fingerprint density at radius 2 is 2.04 bits per heavy atom. The third kappa shape index (κ3) is 1.36. The first-order valence-electron chi connectivity index (χ1n) is 9.50. The van der Waals surface area contributed by atoms with Crippen LogP contribution in [0.3, 0.4) is 0 Å². The van der Waals surface area contributed by atoms with Gasteiger partial charge in [-0.25, -0.2) is 0 Å². The van der Waals surface area contributed by atoms with Crippen LogP contribution in [-0.2, 0) is 10.2 Å². The smallest absolute Gasteiger partial charge is 0.224 e. The number of allylic oxidation sites excluding steroid dienone is 2. The Balaban J connectivity index is 1.64. The fraction of sp³-hybridized carbons (Fsp3) is 0.619. The minimum absolute atomic E-state index is 0.0225. The molecular formula is C21H22O4. The van der Waals surface area contributed by atoms with Crippen LogP contribution in [0.25, 0.3) is 0 Å². The number of carbonyl (C=O) groups excluding carboxylic acids is 2. The molecular weight excluding hydrogens is 316 g/mol. The number of Topliss-reactive ketones (excluding diaryl/α,β-unsaturated/α-hetero) is 2. The van der Waals surface area contributed by atoms with E-state index in [1.165, 1.54) is 5.57 Å². The molecule has 1 aromatic rings. The van der Waals surface area contributed by atoms with Gasteiger partial charge in [0.15, 0.2) is 5.76 Å². The summed E-state index contributed by atoms with van der Waals surface area (Å²) in [5.74, 6) is 1.44. The van der Waals surface area contributed by atoms with Crippen molar-refractivity contribution < 1.29 is 19.1 Å². The highest BCUT2D eigenvalue weighted by Gasteiger charge is 2.66. The topological polar surface area (TPSA) is 67.5 Å². The van der Waals surface area contributed by atoms with Crippen LogP contribution in [0, 0.1) is 23.2 Å². The second kappa shape index (κ2) is 4.01. The molecule has 1 N–H and O–H groups in total. The lowest BCUT2D eigenvalue weighted by Crippen LogP contribution is -2.46. The third-order valence-corrected chi connectivity index (χ3v) is 8.36. The van der Waals surface area contributed by atoms with E-state index in [2.05, 4.69) is 13.8 Å². The molecule has 0 radical (unpaired) electrons. The highest BCUT2D eigenvalue weighted by Crippen LogP contribution is 2.70. The molecule has 6 rings (SSSR count). The molecule has 25 heavy (non-hydrogen) atoms. The predicted octanol–water partition coefficient (Wildman–Crippen LogP) is 3.49. The van der Waals surface area contributed by atoms with E-state index in [1.807, 2.05) is 0 Å². The van der Waals surface area contributed by atoms with E-state index in [4.69, 9.17) is 4.42 Å². The molecule has 1 heterocycles. The van der Waals surface area contributed by atoms with Crippen LogP contribution in [0.15, 0.2) is 21.8 Å². The van der Waals surface area contributed by atoms with Crippen molar-refractivity contribution in [1.29, 1.82) is 0 Å². The van der Waals surface area contributed by atoms with E-state index < -0.39 is 6.10 Å². The van der Waals surface area contributed by atoms with Gasteiger partial charge in [0.25, 0.3) is 0 Å². The summed E-state index contributed by atoms with van der Waals surface area (Å²) in [5, 5.41) is 10.6. The van der Waals surface area contributed by atoms with Crippen molar-refractivity contribution in [3.8, 4) is 0 Å². The monoisotopic (exact) mass is 338 g/mol. The molecule has 5 aliphatic carbocycles. The molecule has 0 aliphatic heterocycles. The van der Waals surface area contributed by atoms with E-state index in [9.17, 15) is 14.7 Å². The Bertz CT molecular complexity index is 905. The zero-order valence-electron chi connectivity index (χ0n) is 14.6. The molecule has 2 fully saturated rings. The lowest BCUT2D eigenvalue weighted by atomic mass is 9.54. The zero-order valence-corrected chi connectivity index (χ0v) is 14.6. The molecule has 5 aliphatic rings. The summed E-state index contributed by atoms with van der Waals surface area (Å²) in [6.45, 7) is 4.31. The van der Waals surface area contributed by atoms with Gasteiger partial charge in [0.2, 0.25) is 5.78 Å². The van der Waals surface area contributed by atoms with E-state index in [0.717, 1.165) is 42.4 Å². The van der Waals surface area contributed by atoms with Crippen molar-refractivity contribution >= 4 is 11.6 Å². The molecule has 0 amide bonds. The Kier molecular flexibility index (Phi) is 2.32. The standard InChI is InChI=1S/C21H22O4/c1-20-6-5-12-15(11(20)3-4-14(20)22)18(24)19-16-10(8-25-19)17(23)9-7-13(9)21(12,16)2/h8-9,11,13,17,23H,3-7H2,1-2H3/t9-,11+,13+,17+,20+,21+/m1/s1. The first-order valence-corrected chi connectivity index (χ1v) is 9.50. The molecule has 4 nitrogen and oxygen atoms in total. The first-order chi connectivity index (χ1) is 11.9. The number of hydrogen-bond donors (Lipinski definition) is 1. The van der Waals surface area contributed by atoms with Gasteiger partial charge in [0.05, 0.1) is 12.4 Å². The summed E-state index contributed by atoms with van der Waals surface area (Å²) in [6, 6.07) is 0. The molecule has 4 heteroatoms. The van der Waals surface area contributed by atoms with Crippen LogP contribution in [0.2, 0.25) is 0 Å². The van der Waals surface area contributed by atoms with Crippen LogP contribution < -0.4 is 0 Å². The molecule has 0 unspecified atom stereocenters. The number of furan rings is 1. The summed E-state index contributed by atoms with van der Waals surface area (Å²) in [4.78, 5) is 25.9. The number of carbonyl (C=O) groups is 2. The van der Waals surface area contributed by atoms with Gasteiger partial charge in [-0.2, -0.15) is 0 Å². The Labute approximate surface area is 146 Å². The molecule has 6 atom stereocenters. The van der Waals surface area contributed by atoms with Crippen LogP contribution in [0.5, 0.6) is 0 Å². The van der Waals surface area contributed by atoms with Gasteiger partial charge in [-0.15, -0.1) is 0 Å². The van der Waals surface area contributed by atoms with Gasteiger partial charge in [0, 0.05) is 39.9 Å². The summed E-state index contributed by atoms with van der Waals surface area (Å²) in [6.07, 6.45) is 5.16. The number of ketones is 2. The highest BCUT2D eigenvalue weighted by atomic mass is 16.3. The van der Waals surface area contributed by atoms with Crippen molar-refractivity contribution in [3.05, 3.63) is 34.3 Å². The second-order valence-electron chi connectivity index (χ2n) is 9.20. The van der Waals surface area contributed by atoms with Crippen LogP contribution in [0.1, 0.15) is 73.7 Å². The van der Waals surface area contributed by atoms with Crippen molar-refractivity contribution in [1.82, 2.24) is 0 Å². The molecule has 0 bridgehead atoms. The van der Waals surface area contributed by atoms with E-state index in [0.29, 0.717) is 23.9 Å². The second-order valence-corrected chi connectivity index (χ2v) is 9.20. The maximum Gasteiger partial charge on any atom is 0.224 e. The maximum atomic E-state index is 13.4. The number of hydrogen-bond acceptors (Lipinski definition) is 4. The average molecular weight is 338 g/mol. The molecule has 0 saturated heterocycles. The van der Waals surface area contributed by atoms with Gasteiger partial charge in [-0.05, 0) is 37.5 Å². The number of aliphatic hydroxyl groups is 1. The van der Waals surface area contributed by atoms with Crippen LogP contribution >= 0.6 is 0 Å². The number of fused-ring (bicyclic) bond motifs is 5. The summed E-state index contributed by atoms with van der Waals surface area (Å²) < 4.78 is 5.73. The zero-order chi connectivity index (χ0) is 17.3. The van der Waals surface area contributed by atoms with E-state index in [-0.39, 0.29) is 28.4 Å². The Morgan fingerprint density at radius 1 is 1.24 bits per heavy atom. The first kappa shape index (κ1) is 14.5. The molecule has 2 saturated carbocycles. The Hall–Kier alpha value is -1.68. The van der Waals surface area contributed by atoms with Gasteiger partial charge < -0.3 is 9.52 Å². The lowest BCUT2D eigenvalue weighted by molar-refractivity contribution is -0.126. The quantitative estimate of drug-likeness (QED) is 0.786. The molecule has 130 valence electrons. The number of aliphatic hydroxyl groups excluding tert-OH is 1. The van der Waals surface area contributed by atoms with Gasteiger partial charge in [-0.1, -0.05) is 19.4 Å². The molecule has 1 aromatic heterocycles. The lowest BCUT2D eigenvalue weighted by Gasteiger charge is -2.48. The van der Waals surface area contributed by atoms with Crippen molar-refractivity contribution in [2.45, 2.75) is 57.5 Å². The molecule has 0 spiro atoms. The normalized spacial score (nSPS) is 46.5. The van der Waals surface area contributed by atoms with Crippen LogP contribution in [0.4, 0.5) is 0 Å². The molecule has 0 aromatic carbocycles. The van der Waals surface area contributed by atoms with E-state index in [1.54, 1.807) is 6.26 Å². The minimum atomic E-state index is -0.498. The fourth-order valence-electron chi connectivity index (χ4n) is 6.85. The fourth-order valence-corrected chi connectivity index (χ4v) is 6.85. The van der Waals surface area contributed by atoms with Crippen LogP contribution in [-0.4, -0.2) is 16.7 Å². The number of rotatable bonds is 0. The maximum absolute atomic E-state index is 13.4. The van der Waals surface area contributed by atoms with Gasteiger partial charge in [-0.3, -0.25) is 9.59 Å². The minimum Gasteiger partial charge on any atom is -0.460 e. The largest absolute Gasteiger partial charge is 0.460 e. The van der Waals surface area contributed by atoms with Crippen molar-refractivity contribution in [3.63, 3.8) is 0 Å². The summed E-state index contributed by atoms with van der Waals surface area (Å²) in [7, 11) is 0.